The van der Waals surface area contributed by atoms with Crippen molar-refractivity contribution in [2.45, 2.75) is 19.4 Å². The van der Waals surface area contributed by atoms with Crippen molar-refractivity contribution in [3.63, 3.8) is 0 Å². The fourth-order valence-electron chi connectivity index (χ4n) is 2.08. The van der Waals surface area contributed by atoms with Crippen molar-refractivity contribution in [2.24, 2.45) is 0 Å². The molecule has 70 valence electrons. The maximum absolute atomic E-state index is 3.43. The molecule has 1 aromatic rings. The van der Waals surface area contributed by atoms with E-state index in [0.717, 1.165) is 6.54 Å². The van der Waals surface area contributed by atoms with Crippen molar-refractivity contribution in [1.82, 2.24) is 5.32 Å². The van der Waals surface area contributed by atoms with Gasteiger partial charge in [-0.3, -0.25) is 0 Å². The van der Waals surface area contributed by atoms with Crippen LogP contribution in [0.15, 0.2) is 18.2 Å². The summed E-state index contributed by atoms with van der Waals surface area (Å²) < 4.78 is 0. The predicted molar refractivity (Wildman–Crippen MR) is 56.1 cm³/mol. The first-order valence-corrected chi connectivity index (χ1v) is 4.83. The number of benzene rings is 1. The summed E-state index contributed by atoms with van der Waals surface area (Å²) in [6.45, 7) is 3.25. The van der Waals surface area contributed by atoms with Crippen molar-refractivity contribution in [2.75, 3.05) is 18.9 Å². The highest BCUT2D eigenvalue weighted by atomic mass is 15.0. The van der Waals surface area contributed by atoms with E-state index < -0.39 is 0 Å². The topological polar surface area (TPSA) is 24.1 Å². The normalized spacial score (nSPS) is 20.6. The fourth-order valence-corrected chi connectivity index (χ4v) is 2.08. The number of nitrogens with one attached hydrogen (secondary N) is 2. The van der Waals surface area contributed by atoms with Gasteiger partial charge in [0.1, 0.15) is 0 Å². The Hall–Kier alpha value is -1.02. The molecule has 0 spiro atoms. The lowest BCUT2D eigenvalue weighted by Gasteiger charge is -2.27. The molecule has 1 heterocycles. The van der Waals surface area contributed by atoms with Crippen molar-refractivity contribution < 1.29 is 0 Å². The third kappa shape index (κ3) is 1.42. The standard InChI is InChI=1S/C11H16N2/c1-8-4-3-5-10-11(8)9(12-2)6-7-13-10/h3-5,9,12-13H,6-7H2,1-2H3. The molecular weight excluding hydrogens is 160 g/mol. The van der Waals surface area contributed by atoms with Gasteiger partial charge in [0.2, 0.25) is 0 Å². The zero-order valence-corrected chi connectivity index (χ0v) is 8.22. The summed E-state index contributed by atoms with van der Waals surface area (Å²) in [5.41, 5.74) is 4.12. The van der Waals surface area contributed by atoms with Gasteiger partial charge in [-0.2, -0.15) is 0 Å². The quantitative estimate of drug-likeness (QED) is 0.684. The van der Waals surface area contributed by atoms with Gasteiger partial charge in [-0.1, -0.05) is 12.1 Å². The summed E-state index contributed by atoms with van der Waals surface area (Å²) in [4.78, 5) is 0. The van der Waals surface area contributed by atoms with Crippen LogP contribution in [-0.4, -0.2) is 13.6 Å². The second-order valence-corrected chi connectivity index (χ2v) is 3.59. The molecule has 1 aliphatic heterocycles. The fraction of sp³-hybridized carbons (Fsp3) is 0.455. The number of hydrogen-bond donors (Lipinski definition) is 2. The number of anilines is 1. The maximum atomic E-state index is 3.43. The van der Waals surface area contributed by atoms with Crippen molar-refractivity contribution in [3.05, 3.63) is 29.3 Å². The van der Waals surface area contributed by atoms with E-state index in [1.54, 1.807) is 0 Å². The van der Waals surface area contributed by atoms with E-state index in [1.165, 1.54) is 23.2 Å². The molecule has 1 unspecified atom stereocenters. The van der Waals surface area contributed by atoms with Gasteiger partial charge in [-0.25, -0.2) is 0 Å². The molecule has 0 radical (unpaired) electrons. The molecule has 2 nitrogen and oxygen atoms in total. The third-order valence-electron chi connectivity index (χ3n) is 2.77. The Morgan fingerprint density at radius 3 is 3.08 bits per heavy atom. The Morgan fingerprint density at radius 1 is 1.46 bits per heavy atom. The Morgan fingerprint density at radius 2 is 2.31 bits per heavy atom. The molecule has 0 aromatic heterocycles. The highest BCUT2D eigenvalue weighted by Gasteiger charge is 2.19. The smallest absolute Gasteiger partial charge is 0.0391 e. The minimum atomic E-state index is 0.525. The zero-order valence-electron chi connectivity index (χ0n) is 8.22. The predicted octanol–water partition coefficient (Wildman–Crippen LogP) is 2.07. The van der Waals surface area contributed by atoms with Crippen LogP contribution >= 0.6 is 0 Å². The molecule has 1 aromatic carbocycles. The van der Waals surface area contributed by atoms with E-state index in [2.05, 4.69) is 35.8 Å². The van der Waals surface area contributed by atoms with E-state index in [-0.39, 0.29) is 0 Å². The molecule has 0 bridgehead atoms. The molecular formula is C11H16N2. The maximum Gasteiger partial charge on any atom is 0.0391 e. The van der Waals surface area contributed by atoms with Crippen molar-refractivity contribution in [3.8, 4) is 0 Å². The monoisotopic (exact) mass is 176 g/mol. The molecule has 0 saturated heterocycles. The van der Waals surface area contributed by atoms with Gasteiger partial charge in [0.25, 0.3) is 0 Å². The SMILES string of the molecule is CNC1CCNc2cccc(C)c21. The van der Waals surface area contributed by atoms with Crippen LogP contribution in [-0.2, 0) is 0 Å². The second kappa shape index (κ2) is 3.38. The van der Waals surface area contributed by atoms with E-state index in [9.17, 15) is 0 Å². The average molecular weight is 176 g/mol. The zero-order chi connectivity index (χ0) is 9.26. The van der Waals surface area contributed by atoms with Crippen LogP contribution in [0.2, 0.25) is 0 Å². The Balaban J connectivity index is 2.47. The largest absolute Gasteiger partial charge is 0.385 e. The van der Waals surface area contributed by atoms with Gasteiger partial charge >= 0.3 is 0 Å². The molecule has 0 fully saturated rings. The lowest BCUT2D eigenvalue weighted by Crippen LogP contribution is -2.26. The van der Waals surface area contributed by atoms with Crippen LogP contribution in [0, 0.1) is 6.92 Å². The Kier molecular flexibility index (Phi) is 2.23. The minimum absolute atomic E-state index is 0.525. The van der Waals surface area contributed by atoms with Crippen molar-refractivity contribution >= 4 is 5.69 Å². The van der Waals surface area contributed by atoms with Crippen LogP contribution in [0.1, 0.15) is 23.6 Å². The van der Waals surface area contributed by atoms with E-state index in [4.69, 9.17) is 0 Å². The summed E-state index contributed by atoms with van der Waals surface area (Å²) in [6, 6.07) is 6.97. The molecule has 0 saturated carbocycles. The van der Waals surface area contributed by atoms with Crippen LogP contribution in [0.3, 0.4) is 0 Å². The van der Waals surface area contributed by atoms with Crippen LogP contribution < -0.4 is 10.6 Å². The number of aryl methyl sites for hydroxylation is 1. The first-order chi connectivity index (χ1) is 6.33. The second-order valence-electron chi connectivity index (χ2n) is 3.59. The minimum Gasteiger partial charge on any atom is -0.385 e. The first kappa shape index (κ1) is 8.57. The van der Waals surface area contributed by atoms with Gasteiger partial charge in [0.05, 0.1) is 0 Å². The van der Waals surface area contributed by atoms with Crippen molar-refractivity contribution in [1.29, 1.82) is 0 Å². The highest BCUT2D eigenvalue weighted by Crippen LogP contribution is 2.31. The average Bonchev–Trinajstić information content (AvgIpc) is 2.17. The lowest BCUT2D eigenvalue weighted by molar-refractivity contribution is 0.548. The van der Waals surface area contributed by atoms with E-state index in [1.807, 2.05) is 7.05 Å². The summed E-state index contributed by atoms with van der Waals surface area (Å²) in [6.07, 6.45) is 1.17. The molecule has 1 aliphatic rings. The number of hydrogen-bond acceptors (Lipinski definition) is 2. The van der Waals surface area contributed by atoms with E-state index in [0.29, 0.717) is 6.04 Å². The Bertz CT molecular complexity index is 307. The summed E-state index contributed by atoms with van der Waals surface area (Å²) in [5, 5.41) is 6.79. The van der Waals surface area contributed by atoms with Crippen LogP contribution in [0.4, 0.5) is 5.69 Å². The number of fused-ring (bicyclic) bond motifs is 1. The van der Waals surface area contributed by atoms with Crippen LogP contribution in [0.25, 0.3) is 0 Å². The van der Waals surface area contributed by atoms with Gasteiger partial charge in [-0.15, -0.1) is 0 Å². The van der Waals surface area contributed by atoms with Gasteiger partial charge in [-0.05, 0) is 37.6 Å². The lowest BCUT2D eigenvalue weighted by atomic mass is 9.94. The third-order valence-corrected chi connectivity index (χ3v) is 2.77. The molecule has 0 amide bonds. The molecule has 2 N–H and O–H groups in total. The van der Waals surface area contributed by atoms with Gasteiger partial charge < -0.3 is 10.6 Å². The van der Waals surface area contributed by atoms with Gasteiger partial charge in [0, 0.05) is 18.3 Å². The Labute approximate surface area is 79.4 Å². The summed E-state index contributed by atoms with van der Waals surface area (Å²) in [7, 11) is 2.03. The molecule has 13 heavy (non-hydrogen) atoms. The molecule has 0 aliphatic carbocycles. The van der Waals surface area contributed by atoms with E-state index >= 15 is 0 Å². The first-order valence-electron chi connectivity index (χ1n) is 4.83. The highest BCUT2D eigenvalue weighted by molar-refractivity contribution is 5.57. The summed E-state index contributed by atoms with van der Waals surface area (Å²) in [5.74, 6) is 0. The molecule has 2 heteroatoms. The van der Waals surface area contributed by atoms with Gasteiger partial charge in [0.15, 0.2) is 0 Å². The molecule has 1 atom stereocenters. The number of rotatable bonds is 1. The van der Waals surface area contributed by atoms with Crippen LogP contribution in [0.5, 0.6) is 0 Å². The molecule has 2 rings (SSSR count). The summed E-state index contributed by atoms with van der Waals surface area (Å²) >= 11 is 0.